The van der Waals surface area contributed by atoms with Gasteiger partial charge in [0.15, 0.2) is 5.82 Å². The number of aryl methyl sites for hydroxylation is 2. The summed E-state index contributed by atoms with van der Waals surface area (Å²) < 4.78 is 0. The molecule has 0 bridgehead atoms. The highest BCUT2D eigenvalue weighted by Gasteiger charge is 2.08. The zero-order chi connectivity index (χ0) is 15.2. The second-order valence-electron chi connectivity index (χ2n) is 5.25. The molecular weight excluding hydrogens is 262 g/mol. The molecule has 2 N–H and O–H groups in total. The second-order valence-corrected chi connectivity index (χ2v) is 5.25. The molecular formula is C16H23N5. The second kappa shape index (κ2) is 7.02. The lowest BCUT2D eigenvalue weighted by Crippen LogP contribution is -2.14. The fourth-order valence-corrected chi connectivity index (χ4v) is 2.21. The quantitative estimate of drug-likeness (QED) is 0.849. The predicted octanol–water partition coefficient (Wildman–Crippen LogP) is 3.56. The molecule has 2 rings (SSSR count). The van der Waals surface area contributed by atoms with Gasteiger partial charge in [-0.2, -0.15) is 10.1 Å². The Labute approximate surface area is 126 Å². The number of hydrogen-bond donors (Lipinski definition) is 2. The maximum absolute atomic E-state index is 4.46. The highest BCUT2D eigenvalue weighted by Crippen LogP contribution is 2.25. The largest absolute Gasteiger partial charge is 0.351 e. The average molecular weight is 285 g/mol. The van der Waals surface area contributed by atoms with Crippen molar-refractivity contribution < 1.29 is 0 Å². The van der Waals surface area contributed by atoms with Crippen LogP contribution in [0.4, 0.5) is 17.5 Å². The van der Waals surface area contributed by atoms with Gasteiger partial charge in [0.1, 0.15) is 0 Å². The molecule has 0 saturated carbocycles. The number of para-hydroxylation sites is 1. The van der Waals surface area contributed by atoms with Crippen LogP contribution in [0.25, 0.3) is 0 Å². The van der Waals surface area contributed by atoms with E-state index in [0.717, 1.165) is 18.5 Å². The van der Waals surface area contributed by atoms with Gasteiger partial charge in [-0.05, 0) is 37.8 Å². The Balaban J connectivity index is 2.29. The van der Waals surface area contributed by atoms with Gasteiger partial charge in [0.2, 0.25) is 5.95 Å². The summed E-state index contributed by atoms with van der Waals surface area (Å²) in [6, 6.07) is 6.66. The van der Waals surface area contributed by atoms with Crippen LogP contribution in [0.15, 0.2) is 24.4 Å². The SMILES string of the molecule is CCc1cccc(CC)c1Nc1cnnc(NC(C)C)n1. The van der Waals surface area contributed by atoms with Gasteiger partial charge >= 0.3 is 0 Å². The molecule has 5 heteroatoms. The zero-order valence-corrected chi connectivity index (χ0v) is 13.1. The molecule has 0 amide bonds. The summed E-state index contributed by atoms with van der Waals surface area (Å²) in [5, 5.41) is 14.6. The standard InChI is InChI=1S/C16H23N5/c1-5-12-8-7-9-13(6-2)15(12)19-14-10-17-21-16(20-14)18-11(3)4/h7-11H,5-6H2,1-4H3,(H2,18,19,20,21). The van der Waals surface area contributed by atoms with Crippen molar-refractivity contribution in [1.29, 1.82) is 0 Å². The minimum atomic E-state index is 0.274. The number of hydrogen-bond acceptors (Lipinski definition) is 5. The van der Waals surface area contributed by atoms with E-state index in [4.69, 9.17) is 0 Å². The molecule has 1 heterocycles. The Morgan fingerprint density at radius 2 is 1.76 bits per heavy atom. The molecule has 0 aliphatic carbocycles. The molecule has 5 nitrogen and oxygen atoms in total. The van der Waals surface area contributed by atoms with Crippen LogP contribution in [0, 0.1) is 0 Å². The highest BCUT2D eigenvalue weighted by atomic mass is 15.3. The van der Waals surface area contributed by atoms with E-state index in [1.807, 2.05) is 13.8 Å². The van der Waals surface area contributed by atoms with Crippen LogP contribution in [0.5, 0.6) is 0 Å². The van der Waals surface area contributed by atoms with Gasteiger partial charge in [0, 0.05) is 11.7 Å². The molecule has 2 aromatic rings. The van der Waals surface area contributed by atoms with Gasteiger partial charge in [0.05, 0.1) is 6.20 Å². The summed E-state index contributed by atoms with van der Waals surface area (Å²) >= 11 is 0. The van der Waals surface area contributed by atoms with Gasteiger partial charge in [-0.1, -0.05) is 32.0 Å². The van der Waals surface area contributed by atoms with Gasteiger partial charge in [-0.3, -0.25) is 0 Å². The maximum atomic E-state index is 4.46. The van der Waals surface area contributed by atoms with Gasteiger partial charge < -0.3 is 10.6 Å². The molecule has 0 fully saturated rings. The van der Waals surface area contributed by atoms with Gasteiger partial charge in [-0.25, -0.2) is 0 Å². The van der Waals surface area contributed by atoms with E-state index in [9.17, 15) is 0 Å². The molecule has 0 unspecified atom stereocenters. The molecule has 0 radical (unpaired) electrons. The molecule has 0 atom stereocenters. The molecule has 1 aromatic heterocycles. The van der Waals surface area contributed by atoms with Crippen LogP contribution in [0.3, 0.4) is 0 Å². The van der Waals surface area contributed by atoms with E-state index in [-0.39, 0.29) is 6.04 Å². The smallest absolute Gasteiger partial charge is 0.244 e. The number of benzene rings is 1. The number of aromatic nitrogens is 3. The molecule has 21 heavy (non-hydrogen) atoms. The summed E-state index contributed by atoms with van der Waals surface area (Å²) in [5.74, 6) is 1.26. The lowest BCUT2D eigenvalue weighted by Gasteiger charge is -2.15. The summed E-state index contributed by atoms with van der Waals surface area (Å²) in [6.07, 6.45) is 3.61. The summed E-state index contributed by atoms with van der Waals surface area (Å²) in [6.45, 7) is 8.41. The van der Waals surface area contributed by atoms with E-state index >= 15 is 0 Å². The fraction of sp³-hybridized carbons (Fsp3) is 0.438. The third-order valence-corrected chi connectivity index (χ3v) is 3.23. The maximum Gasteiger partial charge on any atom is 0.244 e. The van der Waals surface area contributed by atoms with Crippen LogP contribution in [-0.4, -0.2) is 21.2 Å². The van der Waals surface area contributed by atoms with Crippen LogP contribution < -0.4 is 10.6 Å². The number of rotatable bonds is 6. The molecule has 1 aromatic carbocycles. The van der Waals surface area contributed by atoms with E-state index in [2.05, 4.69) is 57.9 Å². The Bertz CT molecular complexity index is 573. The summed E-state index contributed by atoms with van der Waals surface area (Å²) in [4.78, 5) is 4.46. The van der Waals surface area contributed by atoms with Crippen molar-refractivity contribution in [3.63, 3.8) is 0 Å². The first-order valence-electron chi connectivity index (χ1n) is 7.48. The summed E-state index contributed by atoms with van der Waals surface area (Å²) in [5.41, 5.74) is 3.70. The molecule has 112 valence electrons. The van der Waals surface area contributed by atoms with Gasteiger partial charge in [-0.15, -0.1) is 5.10 Å². The monoisotopic (exact) mass is 285 g/mol. The first-order valence-corrected chi connectivity index (χ1v) is 7.48. The lowest BCUT2D eigenvalue weighted by molar-refractivity contribution is 0.852. The van der Waals surface area contributed by atoms with E-state index < -0.39 is 0 Å². The zero-order valence-electron chi connectivity index (χ0n) is 13.1. The molecule has 0 aliphatic heterocycles. The first-order chi connectivity index (χ1) is 10.1. The third kappa shape index (κ3) is 3.90. The minimum absolute atomic E-state index is 0.274. The van der Waals surface area contributed by atoms with Crippen molar-refractivity contribution in [2.75, 3.05) is 10.6 Å². The molecule has 0 spiro atoms. The number of anilines is 3. The van der Waals surface area contributed by atoms with Crippen LogP contribution >= 0.6 is 0 Å². The van der Waals surface area contributed by atoms with Crippen molar-refractivity contribution >= 4 is 17.5 Å². The van der Waals surface area contributed by atoms with Crippen molar-refractivity contribution in [1.82, 2.24) is 15.2 Å². The Kier molecular flexibility index (Phi) is 5.09. The van der Waals surface area contributed by atoms with Crippen LogP contribution in [-0.2, 0) is 12.8 Å². The van der Waals surface area contributed by atoms with Gasteiger partial charge in [0.25, 0.3) is 0 Å². The number of nitrogens with one attached hydrogen (secondary N) is 2. The lowest BCUT2D eigenvalue weighted by atomic mass is 10.0. The molecule has 0 saturated heterocycles. The van der Waals surface area contributed by atoms with Crippen molar-refractivity contribution in [3.8, 4) is 0 Å². The third-order valence-electron chi connectivity index (χ3n) is 3.23. The highest BCUT2D eigenvalue weighted by molar-refractivity contribution is 5.65. The van der Waals surface area contributed by atoms with Crippen LogP contribution in [0.1, 0.15) is 38.8 Å². The first kappa shape index (κ1) is 15.2. The van der Waals surface area contributed by atoms with E-state index in [0.29, 0.717) is 11.8 Å². The minimum Gasteiger partial charge on any atom is -0.351 e. The molecule has 0 aliphatic rings. The Hall–Kier alpha value is -2.17. The van der Waals surface area contributed by atoms with Crippen molar-refractivity contribution in [2.24, 2.45) is 0 Å². The summed E-state index contributed by atoms with van der Waals surface area (Å²) in [7, 11) is 0. The Morgan fingerprint density at radius 1 is 1.10 bits per heavy atom. The van der Waals surface area contributed by atoms with E-state index in [1.165, 1.54) is 11.1 Å². The predicted molar refractivity (Wildman–Crippen MR) is 87.1 cm³/mol. The number of nitrogens with zero attached hydrogens (tertiary/aromatic N) is 3. The fourth-order valence-electron chi connectivity index (χ4n) is 2.21. The van der Waals surface area contributed by atoms with Crippen molar-refractivity contribution in [2.45, 2.75) is 46.6 Å². The topological polar surface area (TPSA) is 62.7 Å². The Morgan fingerprint density at radius 3 is 2.33 bits per heavy atom. The van der Waals surface area contributed by atoms with E-state index in [1.54, 1.807) is 6.20 Å². The van der Waals surface area contributed by atoms with Crippen LogP contribution in [0.2, 0.25) is 0 Å². The average Bonchev–Trinajstić information content (AvgIpc) is 2.47. The normalized spacial score (nSPS) is 10.7. The van der Waals surface area contributed by atoms with Crippen molar-refractivity contribution in [3.05, 3.63) is 35.5 Å².